The van der Waals surface area contributed by atoms with Crippen molar-refractivity contribution in [2.75, 3.05) is 13.2 Å². The topological polar surface area (TPSA) is 75.7 Å². The van der Waals surface area contributed by atoms with Crippen LogP contribution in [0, 0.1) is 0 Å². The molecule has 7 heteroatoms. The van der Waals surface area contributed by atoms with Crippen molar-refractivity contribution in [1.29, 1.82) is 0 Å². The van der Waals surface area contributed by atoms with Crippen molar-refractivity contribution in [2.45, 2.75) is 19.4 Å². The first-order chi connectivity index (χ1) is 9.80. The van der Waals surface area contributed by atoms with Crippen molar-refractivity contribution in [3.63, 3.8) is 0 Å². The van der Waals surface area contributed by atoms with Gasteiger partial charge in [-0.15, -0.1) is 0 Å². The van der Waals surface area contributed by atoms with E-state index in [4.69, 9.17) is 16.3 Å². The van der Waals surface area contributed by atoms with E-state index in [1.54, 1.807) is 38.1 Å². The van der Waals surface area contributed by atoms with Crippen LogP contribution in [-0.2, 0) is 14.4 Å². The van der Waals surface area contributed by atoms with E-state index in [1.165, 1.54) is 4.90 Å². The van der Waals surface area contributed by atoms with Crippen molar-refractivity contribution in [1.82, 2.24) is 10.2 Å². The molecule has 1 fully saturated rings. The minimum absolute atomic E-state index is 0.170. The van der Waals surface area contributed by atoms with Crippen LogP contribution in [0.1, 0.15) is 13.8 Å². The second-order valence-corrected chi connectivity index (χ2v) is 5.60. The molecular weight excluding hydrogens is 296 g/mol. The molecule has 0 spiro atoms. The zero-order valence-corrected chi connectivity index (χ0v) is 12.4. The first kappa shape index (κ1) is 15.3. The zero-order chi connectivity index (χ0) is 15.6. The molecule has 21 heavy (non-hydrogen) atoms. The van der Waals surface area contributed by atoms with Gasteiger partial charge in [-0.05, 0) is 32.0 Å². The van der Waals surface area contributed by atoms with Gasteiger partial charge in [0.25, 0.3) is 11.8 Å². The van der Waals surface area contributed by atoms with Crippen LogP contribution in [-0.4, -0.2) is 41.3 Å². The van der Waals surface area contributed by atoms with Crippen LogP contribution >= 0.6 is 11.6 Å². The number of hydrogen-bond acceptors (Lipinski definition) is 4. The third-order valence-corrected chi connectivity index (χ3v) is 3.48. The normalized spacial score (nSPS) is 17.4. The molecule has 3 amide bonds. The molecule has 1 aliphatic rings. The lowest BCUT2D eigenvalue weighted by atomic mass is 9.98. The number of imide groups is 1. The Morgan fingerprint density at radius 2 is 2.14 bits per heavy atom. The molecule has 6 nitrogen and oxygen atoms in total. The van der Waals surface area contributed by atoms with Gasteiger partial charge >= 0.3 is 0 Å². The van der Waals surface area contributed by atoms with E-state index < -0.39 is 23.3 Å². The minimum atomic E-state index is -1.09. The largest absolute Gasteiger partial charge is 0.484 e. The maximum Gasteiger partial charge on any atom is 0.261 e. The molecular formula is C14H15ClN2O4. The van der Waals surface area contributed by atoms with Crippen LogP contribution in [0.4, 0.5) is 0 Å². The van der Waals surface area contributed by atoms with Gasteiger partial charge in [-0.2, -0.15) is 0 Å². The molecule has 1 heterocycles. The molecule has 2 rings (SSSR count). The summed E-state index contributed by atoms with van der Waals surface area (Å²) in [5.41, 5.74) is -1.09. The Labute approximate surface area is 127 Å². The number of amides is 3. The lowest BCUT2D eigenvalue weighted by Crippen LogP contribution is -2.66. The Morgan fingerprint density at radius 3 is 2.81 bits per heavy atom. The summed E-state index contributed by atoms with van der Waals surface area (Å²) < 4.78 is 5.35. The van der Waals surface area contributed by atoms with E-state index in [-0.39, 0.29) is 13.2 Å². The number of piperazine rings is 1. The molecule has 1 saturated heterocycles. The average molecular weight is 311 g/mol. The lowest BCUT2D eigenvalue weighted by Gasteiger charge is -2.39. The maximum atomic E-state index is 12.2. The minimum Gasteiger partial charge on any atom is -0.484 e. The molecule has 0 atom stereocenters. The van der Waals surface area contributed by atoms with Gasteiger partial charge in [-0.3, -0.25) is 19.7 Å². The van der Waals surface area contributed by atoms with Gasteiger partial charge in [0.05, 0.1) is 0 Å². The zero-order valence-electron chi connectivity index (χ0n) is 11.7. The maximum absolute atomic E-state index is 12.2. The van der Waals surface area contributed by atoms with Gasteiger partial charge < -0.3 is 9.64 Å². The van der Waals surface area contributed by atoms with E-state index in [0.717, 1.165) is 0 Å². The van der Waals surface area contributed by atoms with Crippen LogP contribution < -0.4 is 10.1 Å². The van der Waals surface area contributed by atoms with Crippen molar-refractivity contribution in [2.24, 2.45) is 0 Å². The summed E-state index contributed by atoms with van der Waals surface area (Å²) in [6.45, 7) is 2.71. The first-order valence-electron chi connectivity index (χ1n) is 6.34. The number of carbonyl (C=O) groups is 3. The third kappa shape index (κ3) is 3.33. The van der Waals surface area contributed by atoms with Crippen molar-refractivity contribution in [3.8, 4) is 5.75 Å². The number of halogens is 1. The van der Waals surface area contributed by atoms with Crippen molar-refractivity contribution >= 4 is 29.3 Å². The summed E-state index contributed by atoms with van der Waals surface area (Å²) in [5.74, 6) is -1.00. The van der Waals surface area contributed by atoms with E-state index in [9.17, 15) is 14.4 Å². The summed E-state index contributed by atoms with van der Waals surface area (Å²) in [7, 11) is 0. The predicted octanol–water partition coefficient (Wildman–Crippen LogP) is 0.982. The van der Waals surface area contributed by atoms with Gasteiger partial charge in [0, 0.05) is 5.02 Å². The highest BCUT2D eigenvalue weighted by Crippen LogP contribution is 2.20. The molecule has 1 aromatic carbocycles. The summed E-state index contributed by atoms with van der Waals surface area (Å²) in [6, 6.07) is 6.63. The van der Waals surface area contributed by atoms with Crippen LogP contribution in [0.3, 0.4) is 0 Å². The molecule has 0 aliphatic carbocycles. The summed E-state index contributed by atoms with van der Waals surface area (Å²) in [6.07, 6.45) is 0. The van der Waals surface area contributed by atoms with Gasteiger partial charge in [0.15, 0.2) is 6.61 Å². The van der Waals surface area contributed by atoms with Crippen LogP contribution in [0.25, 0.3) is 0 Å². The highest BCUT2D eigenvalue weighted by molar-refractivity contribution is 6.30. The fraction of sp³-hybridized carbons (Fsp3) is 0.357. The van der Waals surface area contributed by atoms with Crippen LogP contribution in [0.2, 0.25) is 5.02 Å². The first-order valence-corrected chi connectivity index (χ1v) is 6.71. The smallest absolute Gasteiger partial charge is 0.261 e. The SMILES string of the molecule is CC1(C)C(=O)NC(=O)CN1C(=O)COc1cccc(Cl)c1. The molecule has 112 valence electrons. The predicted molar refractivity (Wildman–Crippen MR) is 75.9 cm³/mol. The lowest BCUT2D eigenvalue weighted by molar-refractivity contribution is -0.156. The van der Waals surface area contributed by atoms with E-state index in [1.807, 2.05) is 0 Å². The number of ether oxygens (including phenoxy) is 1. The van der Waals surface area contributed by atoms with Gasteiger partial charge in [0.2, 0.25) is 5.91 Å². The van der Waals surface area contributed by atoms with E-state index >= 15 is 0 Å². The summed E-state index contributed by atoms with van der Waals surface area (Å²) in [5, 5.41) is 2.70. The Bertz CT molecular complexity index is 600. The van der Waals surface area contributed by atoms with Crippen LogP contribution in [0.5, 0.6) is 5.75 Å². The number of benzene rings is 1. The molecule has 0 saturated carbocycles. The number of hydrogen-bond donors (Lipinski definition) is 1. The monoisotopic (exact) mass is 310 g/mol. The standard InChI is InChI=1S/C14H15ClN2O4/c1-14(2)13(20)16-11(18)7-17(14)12(19)8-21-10-5-3-4-9(15)6-10/h3-6H,7-8H2,1-2H3,(H,16,18,20). The van der Waals surface area contributed by atoms with Gasteiger partial charge in [-0.1, -0.05) is 17.7 Å². The fourth-order valence-electron chi connectivity index (χ4n) is 1.96. The number of nitrogens with zero attached hydrogens (tertiary/aromatic N) is 1. The van der Waals surface area contributed by atoms with E-state index in [2.05, 4.69) is 5.32 Å². The second-order valence-electron chi connectivity index (χ2n) is 5.16. The molecule has 0 aromatic heterocycles. The Balaban J connectivity index is 2.05. The molecule has 0 bridgehead atoms. The average Bonchev–Trinajstić information content (AvgIpc) is 2.40. The Hall–Kier alpha value is -2.08. The quantitative estimate of drug-likeness (QED) is 0.845. The second kappa shape index (κ2) is 5.73. The highest BCUT2D eigenvalue weighted by atomic mass is 35.5. The molecule has 1 aromatic rings. The Kier molecular flexibility index (Phi) is 4.18. The van der Waals surface area contributed by atoms with Gasteiger partial charge in [-0.25, -0.2) is 0 Å². The van der Waals surface area contributed by atoms with Crippen molar-refractivity contribution in [3.05, 3.63) is 29.3 Å². The summed E-state index contributed by atoms with van der Waals surface area (Å²) >= 11 is 5.82. The fourth-order valence-corrected chi connectivity index (χ4v) is 2.14. The third-order valence-electron chi connectivity index (χ3n) is 3.24. The van der Waals surface area contributed by atoms with E-state index in [0.29, 0.717) is 10.8 Å². The summed E-state index contributed by atoms with van der Waals surface area (Å²) in [4.78, 5) is 36.6. The number of nitrogens with one attached hydrogen (secondary N) is 1. The molecule has 0 radical (unpaired) electrons. The van der Waals surface area contributed by atoms with Gasteiger partial charge in [0.1, 0.15) is 17.8 Å². The molecule has 0 unspecified atom stereocenters. The highest BCUT2D eigenvalue weighted by Gasteiger charge is 2.43. The number of carbonyl (C=O) groups excluding carboxylic acids is 3. The molecule has 1 N–H and O–H groups in total. The number of rotatable bonds is 3. The Morgan fingerprint density at radius 1 is 1.43 bits per heavy atom. The van der Waals surface area contributed by atoms with Crippen molar-refractivity contribution < 1.29 is 19.1 Å². The molecule has 1 aliphatic heterocycles. The van der Waals surface area contributed by atoms with Crippen LogP contribution in [0.15, 0.2) is 24.3 Å².